The zero-order valence-corrected chi connectivity index (χ0v) is 15.2. The molecule has 1 heterocycles. The number of benzene rings is 2. The van der Waals surface area contributed by atoms with Crippen molar-refractivity contribution in [1.82, 2.24) is 0 Å². The van der Waals surface area contributed by atoms with Crippen molar-refractivity contribution in [2.45, 2.75) is 17.7 Å². The van der Waals surface area contributed by atoms with Gasteiger partial charge in [0, 0.05) is 12.6 Å². The van der Waals surface area contributed by atoms with Crippen molar-refractivity contribution in [2.24, 2.45) is 0 Å². The molecule has 0 bridgehead atoms. The van der Waals surface area contributed by atoms with E-state index in [-0.39, 0.29) is 16.3 Å². The maximum atomic E-state index is 13.2. The van der Waals surface area contributed by atoms with Crippen LogP contribution in [0.3, 0.4) is 0 Å². The molecule has 1 saturated heterocycles. The van der Waals surface area contributed by atoms with Gasteiger partial charge >= 0.3 is 0 Å². The second-order valence-electron chi connectivity index (χ2n) is 5.82. The van der Waals surface area contributed by atoms with Crippen LogP contribution >= 0.6 is 0 Å². The Hall–Kier alpha value is -2.20. The van der Waals surface area contributed by atoms with Gasteiger partial charge in [0.1, 0.15) is 0 Å². The van der Waals surface area contributed by atoms with Crippen molar-refractivity contribution in [3.63, 3.8) is 0 Å². The fourth-order valence-electron chi connectivity index (χ4n) is 2.64. The Bertz CT molecular complexity index is 1020. The number of nitrogens with zero attached hydrogens (tertiary/aromatic N) is 1. The third kappa shape index (κ3) is 3.80. The first-order valence-electron chi connectivity index (χ1n) is 7.77. The molecule has 2 aromatic rings. The lowest BCUT2D eigenvalue weighted by molar-refractivity contribution is 0.509. The number of nitrogens with one attached hydrogen (secondary N) is 1. The van der Waals surface area contributed by atoms with Crippen LogP contribution in [-0.4, -0.2) is 29.1 Å². The maximum Gasteiger partial charge on any atom is 0.261 e. The highest BCUT2D eigenvalue weighted by Gasteiger charge is 2.26. The van der Waals surface area contributed by atoms with Crippen molar-refractivity contribution in [1.29, 1.82) is 0 Å². The molecule has 6 nitrogen and oxygen atoms in total. The van der Waals surface area contributed by atoms with Gasteiger partial charge in [-0.1, -0.05) is 0 Å². The molecule has 0 unspecified atom stereocenters. The van der Waals surface area contributed by atoms with E-state index in [1.807, 2.05) is 0 Å². The molecule has 1 aliphatic heterocycles. The number of anilines is 2. The van der Waals surface area contributed by atoms with E-state index in [1.165, 1.54) is 28.6 Å². The van der Waals surface area contributed by atoms with Crippen molar-refractivity contribution < 1.29 is 25.6 Å². The molecule has 140 valence electrons. The van der Waals surface area contributed by atoms with E-state index >= 15 is 0 Å². The quantitative estimate of drug-likeness (QED) is 0.852. The number of hydrogen-bond acceptors (Lipinski definition) is 4. The Morgan fingerprint density at radius 1 is 0.962 bits per heavy atom. The Kier molecular flexibility index (Phi) is 4.89. The standard InChI is InChI=1S/C16H16F2N2O4S2/c17-15-8-3-12(11-16(15)18)19-26(23,24)14-6-4-13(5-7-14)20-9-1-2-10-25(20,21)22/h3-8,11,19H,1-2,9-10H2. The topological polar surface area (TPSA) is 83.6 Å². The molecule has 1 N–H and O–H groups in total. The van der Waals surface area contributed by atoms with Crippen molar-refractivity contribution in [3.8, 4) is 0 Å². The van der Waals surface area contributed by atoms with Crippen LogP contribution < -0.4 is 9.03 Å². The molecule has 2 aromatic carbocycles. The summed E-state index contributed by atoms with van der Waals surface area (Å²) >= 11 is 0. The van der Waals surface area contributed by atoms with E-state index in [2.05, 4.69) is 4.72 Å². The van der Waals surface area contributed by atoms with Gasteiger partial charge in [-0.05, 0) is 49.2 Å². The molecule has 0 radical (unpaired) electrons. The summed E-state index contributed by atoms with van der Waals surface area (Å²) in [7, 11) is -7.42. The van der Waals surface area contributed by atoms with Crippen LogP contribution in [0.25, 0.3) is 0 Å². The summed E-state index contributed by atoms with van der Waals surface area (Å²) in [5, 5.41) is 0. The van der Waals surface area contributed by atoms with Crippen molar-refractivity contribution in [3.05, 3.63) is 54.1 Å². The molecule has 0 saturated carbocycles. The first kappa shape index (κ1) is 18.6. The highest BCUT2D eigenvalue weighted by Crippen LogP contribution is 2.25. The Morgan fingerprint density at radius 3 is 2.27 bits per heavy atom. The molecule has 26 heavy (non-hydrogen) atoms. The smallest absolute Gasteiger partial charge is 0.261 e. The van der Waals surface area contributed by atoms with E-state index in [1.54, 1.807) is 0 Å². The third-order valence-electron chi connectivity index (χ3n) is 3.96. The molecule has 0 aromatic heterocycles. The van der Waals surface area contributed by atoms with Crippen LogP contribution in [0, 0.1) is 11.6 Å². The van der Waals surface area contributed by atoms with Gasteiger partial charge < -0.3 is 0 Å². The van der Waals surface area contributed by atoms with Crippen LogP contribution in [-0.2, 0) is 20.0 Å². The molecule has 10 heteroatoms. The SMILES string of the molecule is O=S(=O)(Nc1ccc(F)c(F)c1)c1ccc(N2CCCCS2(=O)=O)cc1. The second kappa shape index (κ2) is 6.84. The maximum absolute atomic E-state index is 13.2. The lowest BCUT2D eigenvalue weighted by atomic mass is 10.3. The first-order valence-corrected chi connectivity index (χ1v) is 10.9. The van der Waals surface area contributed by atoms with Crippen LogP contribution in [0.4, 0.5) is 20.2 Å². The number of hydrogen-bond donors (Lipinski definition) is 1. The lowest BCUT2D eigenvalue weighted by Crippen LogP contribution is -2.37. The molecule has 0 amide bonds. The summed E-state index contributed by atoms with van der Waals surface area (Å²) in [6.07, 6.45) is 1.33. The highest BCUT2D eigenvalue weighted by molar-refractivity contribution is 7.93. The Morgan fingerprint density at radius 2 is 1.65 bits per heavy atom. The normalized spacial score (nSPS) is 17.1. The van der Waals surface area contributed by atoms with Gasteiger partial charge in [0.15, 0.2) is 11.6 Å². The highest BCUT2D eigenvalue weighted by atomic mass is 32.2. The molecule has 1 aliphatic rings. The zero-order chi connectivity index (χ0) is 18.9. The summed E-state index contributed by atoms with van der Waals surface area (Å²) in [4.78, 5) is -0.125. The number of halogens is 2. The van der Waals surface area contributed by atoms with Crippen LogP contribution in [0.1, 0.15) is 12.8 Å². The summed E-state index contributed by atoms with van der Waals surface area (Å²) < 4.78 is 78.5. The molecule has 3 rings (SSSR count). The van der Waals surface area contributed by atoms with Crippen molar-refractivity contribution >= 4 is 31.4 Å². The number of rotatable bonds is 4. The van der Waals surface area contributed by atoms with Gasteiger partial charge in [0.25, 0.3) is 10.0 Å². The molecule has 0 aliphatic carbocycles. The summed E-state index contributed by atoms with van der Waals surface area (Å²) in [6, 6.07) is 8.00. The summed E-state index contributed by atoms with van der Waals surface area (Å²) in [5.74, 6) is -2.19. The average molecular weight is 402 g/mol. The van der Waals surface area contributed by atoms with Gasteiger partial charge in [0.2, 0.25) is 10.0 Å². The van der Waals surface area contributed by atoms with Gasteiger partial charge in [-0.25, -0.2) is 25.6 Å². The molecule has 0 atom stereocenters. The lowest BCUT2D eigenvalue weighted by Gasteiger charge is -2.28. The van der Waals surface area contributed by atoms with Crippen LogP contribution in [0.2, 0.25) is 0 Å². The third-order valence-corrected chi connectivity index (χ3v) is 7.22. The predicted molar refractivity (Wildman–Crippen MR) is 94.0 cm³/mol. The summed E-state index contributed by atoms with van der Waals surface area (Å²) in [5.41, 5.74) is 0.267. The average Bonchev–Trinajstić information content (AvgIpc) is 2.58. The molecule has 0 spiro atoms. The zero-order valence-electron chi connectivity index (χ0n) is 13.5. The molecular weight excluding hydrogens is 386 g/mol. The minimum atomic E-state index is -4.03. The fourth-order valence-corrected chi connectivity index (χ4v) is 5.33. The molecular formula is C16H16F2N2O4S2. The van der Waals surface area contributed by atoms with Crippen LogP contribution in [0.5, 0.6) is 0 Å². The van der Waals surface area contributed by atoms with Gasteiger partial charge in [-0.3, -0.25) is 9.03 Å². The first-order chi connectivity index (χ1) is 12.2. The van der Waals surface area contributed by atoms with Crippen molar-refractivity contribution in [2.75, 3.05) is 21.3 Å². The van der Waals surface area contributed by atoms with Crippen LogP contribution in [0.15, 0.2) is 47.4 Å². The van der Waals surface area contributed by atoms with Gasteiger partial charge in [-0.15, -0.1) is 0 Å². The fraction of sp³-hybridized carbons (Fsp3) is 0.250. The Balaban J connectivity index is 1.84. The monoisotopic (exact) mass is 402 g/mol. The number of sulfonamides is 2. The van der Waals surface area contributed by atoms with Gasteiger partial charge in [0.05, 0.1) is 22.0 Å². The minimum Gasteiger partial charge on any atom is -0.280 e. The van der Waals surface area contributed by atoms with Gasteiger partial charge in [-0.2, -0.15) is 0 Å². The van der Waals surface area contributed by atoms with E-state index < -0.39 is 31.7 Å². The van der Waals surface area contributed by atoms with E-state index in [0.29, 0.717) is 18.7 Å². The minimum absolute atomic E-state index is 0.0603. The predicted octanol–water partition coefficient (Wildman–Crippen LogP) is 2.70. The van der Waals surface area contributed by atoms with E-state index in [0.717, 1.165) is 24.6 Å². The largest absolute Gasteiger partial charge is 0.280 e. The molecule has 1 fully saturated rings. The Labute approximate surface area is 150 Å². The van der Waals surface area contributed by atoms with E-state index in [4.69, 9.17) is 0 Å². The summed E-state index contributed by atoms with van der Waals surface area (Å²) in [6.45, 7) is 0.349. The van der Waals surface area contributed by atoms with E-state index in [9.17, 15) is 25.6 Å². The second-order valence-corrected chi connectivity index (χ2v) is 9.52.